The number of aliphatic hydroxyl groups is 1. The fourth-order valence-electron chi connectivity index (χ4n) is 2.69. The molecule has 1 aliphatic rings. The van der Waals surface area contributed by atoms with Crippen LogP contribution >= 0.6 is 35.3 Å². The largest absolute Gasteiger partial charge is 0.390 e. The molecule has 0 aliphatic carbocycles. The summed E-state index contributed by atoms with van der Waals surface area (Å²) in [4.78, 5) is 6.40. The molecular weight excluding hydrogens is 489 g/mol. The molecule has 1 fully saturated rings. The maximum atomic E-state index is 12.2. The predicted octanol–water partition coefficient (Wildman–Crippen LogP) is 1.43. The highest BCUT2D eigenvalue weighted by atomic mass is 127. The Kier molecular flexibility index (Phi) is 10.4. The third kappa shape index (κ3) is 7.29. The molecule has 150 valence electrons. The van der Waals surface area contributed by atoms with Gasteiger partial charge in [0, 0.05) is 32.7 Å². The van der Waals surface area contributed by atoms with Gasteiger partial charge in [0.05, 0.1) is 25.0 Å². The highest BCUT2D eigenvalue weighted by Gasteiger charge is 2.22. The van der Waals surface area contributed by atoms with Crippen molar-refractivity contribution < 1.29 is 18.3 Å². The van der Waals surface area contributed by atoms with Crippen LogP contribution in [-0.4, -0.2) is 76.1 Å². The van der Waals surface area contributed by atoms with Gasteiger partial charge in [0.1, 0.15) is 4.21 Å². The second-order valence-electron chi connectivity index (χ2n) is 6.17. The van der Waals surface area contributed by atoms with E-state index in [0.29, 0.717) is 18.4 Å². The van der Waals surface area contributed by atoms with Crippen LogP contribution in [-0.2, 0) is 14.6 Å². The minimum Gasteiger partial charge on any atom is -0.390 e. The standard InChI is InChI=1S/C16H27N3O4S2.HI/c1-3-17-16(19(2)10-13-6-7-23-11-13)18-9-14(20)12-25(21,22)15-5-4-8-24-15;/h4-5,8,13-14,20H,3,6-7,9-12H2,1-2H3,(H,17,18);1H. The van der Waals surface area contributed by atoms with E-state index in [2.05, 4.69) is 10.3 Å². The van der Waals surface area contributed by atoms with Crippen molar-refractivity contribution in [2.45, 2.75) is 23.7 Å². The third-order valence-electron chi connectivity index (χ3n) is 3.92. The topological polar surface area (TPSA) is 91.2 Å². The number of ether oxygens (including phenoxy) is 1. The monoisotopic (exact) mass is 517 g/mol. The molecule has 1 aromatic rings. The van der Waals surface area contributed by atoms with E-state index in [9.17, 15) is 13.5 Å². The molecule has 1 aliphatic heterocycles. The molecule has 0 aromatic carbocycles. The predicted molar refractivity (Wildman–Crippen MR) is 115 cm³/mol. The summed E-state index contributed by atoms with van der Waals surface area (Å²) in [6.07, 6.45) is -0.00483. The van der Waals surface area contributed by atoms with Crippen LogP contribution < -0.4 is 5.32 Å². The molecule has 2 heterocycles. The van der Waals surface area contributed by atoms with Crippen LogP contribution in [0.4, 0.5) is 0 Å². The van der Waals surface area contributed by atoms with Crippen molar-refractivity contribution in [1.82, 2.24) is 10.2 Å². The van der Waals surface area contributed by atoms with Crippen molar-refractivity contribution >= 4 is 51.1 Å². The van der Waals surface area contributed by atoms with Crippen LogP contribution in [0.15, 0.2) is 26.7 Å². The highest BCUT2D eigenvalue weighted by molar-refractivity contribution is 14.0. The van der Waals surface area contributed by atoms with Crippen molar-refractivity contribution in [3.05, 3.63) is 17.5 Å². The highest BCUT2D eigenvalue weighted by Crippen LogP contribution is 2.18. The van der Waals surface area contributed by atoms with Gasteiger partial charge in [0.15, 0.2) is 15.8 Å². The van der Waals surface area contributed by atoms with Crippen molar-refractivity contribution in [3.63, 3.8) is 0 Å². The molecule has 2 N–H and O–H groups in total. The lowest BCUT2D eigenvalue weighted by Gasteiger charge is -2.24. The number of nitrogens with one attached hydrogen (secondary N) is 1. The Labute approximate surface area is 176 Å². The van der Waals surface area contributed by atoms with Crippen LogP contribution in [0.2, 0.25) is 0 Å². The van der Waals surface area contributed by atoms with Gasteiger partial charge in [0.2, 0.25) is 0 Å². The van der Waals surface area contributed by atoms with Gasteiger partial charge < -0.3 is 20.1 Å². The van der Waals surface area contributed by atoms with E-state index in [0.717, 1.165) is 37.5 Å². The Bertz CT molecular complexity index is 646. The first-order chi connectivity index (χ1) is 11.9. The van der Waals surface area contributed by atoms with Gasteiger partial charge in [0.25, 0.3) is 0 Å². The molecule has 26 heavy (non-hydrogen) atoms. The zero-order valence-corrected chi connectivity index (χ0v) is 19.1. The minimum absolute atomic E-state index is 0. The van der Waals surface area contributed by atoms with Gasteiger partial charge in [-0.2, -0.15) is 0 Å². The number of sulfone groups is 1. The summed E-state index contributed by atoms with van der Waals surface area (Å²) >= 11 is 1.16. The van der Waals surface area contributed by atoms with Crippen molar-refractivity contribution in [2.24, 2.45) is 10.9 Å². The summed E-state index contributed by atoms with van der Waals surface area (Å²) < 4.78 is 30.1. The van der Waals surface area contributed by atoms with Gasteiger partial charge >= 0.3 is 0 Å². The molecule has 0 saturated carbocycles. The molecule has 0 bridgehead atoms. The summed E-state index contributed by atoms with van der Waals surface area (Å²) in [7, 11) is -1.53. The number of rotatable bonds is 8. The molecule has 0 amide bonds. The zero-order valence-electron chi connectivity index (χ0n) is 15.1. The van der Waals surface area contributed by atoms with E-state index >= 15 is 0 Å². The Morgan fingerprint density at radius 3 is 2.92 bits per heavy atom. The number of hydrogen-bond donors (Lipinski definition) is 2. The van der Waals surface area contributed by atoms with E-state index < -0.39 is 15.9 Å². The lowest BCUT2D eigenvalue weighted by Crippen LogP contribution is -2.42. The van der Waals surface area contributed by atoms with Gasteiger partial charge in [-0.15, -0.1) is 35.3 Å². The number of halogens is 1. The SMILES string of the molecule is CCNC(=NCC(O)CS(=O)(=O)c1cccs1)N(C)CC1CCOC1.I. The normalized spacial score (nSPS) is 19.0. The van der Waals surface area contributed by atoms with Crippen molar-refractivity contribution in [1.29, 1.82) is 0 Å². The lowest BCUT2D eigenvalue weighted by atomic mass is 10.1. The Hall–Kier alpha value is -0.430. The van der Waals surface area contributed by atoms with E-state index in [1.165, 1.54) is 0 Å². The number of thiophene rings is 1. The Morgan fingerprint density at radius 1 is 1.58 bits per heavy atom. The number of guanidine groups is 1. The summed E-state index contributed by atoms with van der Waals surface area (Å²) in [6, 6.07) is 3.24. The fourth-order valence-corrected chi connectivity index (χ4v) is 5.16. The first-order valence-electron chi connectivity index (χ1n) is 8.44. The smallest absolute Gasteiger partial charge is 0.193 e. The summed E-state index contributed by atoms with van der Waals surface area (Å²) in [6.45, 7) is 5.08. The van der Waals surface area contributed by atoms with Crippen molar-refractivity contribution in [2.75, 3.05) is 45.6 Å². The fraction of sp³-hybridized carbons (Fsp3) is 0.688. The van der Waals surface area contributed by atoms with Gasteiger partial charge in [-0.25, -0.2) is 8.42 Å². The average Bonchev–Trinajstić information content (AvgIpc) is 3.24. The molecule has 0 radical (unpaired) electrons. The molecule has 2 atom stereocenters. The van der Waals surface area contributed by atoms with Crippen LogP contribution in [0, 0.1) is 5.92 Å². The minimum atomic E-state index is -3.47. The molecule has 1 aromatic heterocycles. The summed E-state index contributed by atoms with van der Waals surface area (Å²) in [5.41, 5.74) is 0. The Morgan fingerprint density at radius 2 is 2.35 bits per heavy atom. The average molecular weight is 517 g/mol. The molecule has 1 saturated heterocycles. The number of aliphatic imine (C=N–C) groups is 1. The maximum absolute atomic E-state index is 12.2. The summed E-state index contributed by atoms with van der Waals surface area (Å²) in [5.74, 6) is 0.816. The van der Waals surface area contributed by atoms with Gasteiger partial charge in [-0.1, -0.05) is 6.07 Å². The van der Waals surface area contributed by atoms with E-state index in [1.807, 2.05) is 18.9 Å². The van der Waals surface area contributed by atoms with Crippen LogP contribution in [0.3, 0.4) is 0 Å². The molecular formula is C16H28IN3O4S2. The molecule has 0 spiro atoms. The first kappa shape index (κ1) is 23.6. The van der Waals surface area contributed by atoms with Gasteiger partial charge in [-0.3, -0.25) is 4.99 Å². The molecule has 7 nitrogen and oxygen atoms in total. The van der Waals surface area contributed by atoms with E-state index in [4.69, 9.17) is 4.74 Å². The first-order valence-corrected chi connectivity index (χ1v) is 11.0. The van der Waals surface area contributed by atoms with Crippen LogP contribution in [0.1, 0.15) is 13.3 Å². The van der Waals surface area contributed by atoms with E-state index in [1.54, 1.807) is 17.5 Å². The molecule has 2 rings (SSSR count). The lowest BCUT2D eigenvalue weighted by molar-refractivity contribution is 0.181. The molecule has 2 unspecified atom stereocenters. The quantitative estimate of drug-likeness (QED) is 0.308. The van der Waals surface area contributed by atoms with Crippen LogP contribution in [0.5, 0.6) is 0 Å². The number of nitrogens with zero attached hydrogens (tertiary/aromatic N) is 2. The van der Waals surface area contributed by atoms with Gasteiger partial charge in [-0.05, 0) is 24.8 Å². The van der Waals surface area contributed by atoms with Crippen molar-refractivity contribution in [3.8, 4) is 0 Å². The maximum Gasteiger partial charge on any atom is 0.193 e. The van der Waals surface area contributed by atoms with E-state index in [-0.39, 0.29) is 40.5 Å². The second kappa shape index (κ2) is 11.4. The molecule has 10 heteroatoms. The number of hydrogen-bond acceptors (Lipinski definition) is 6. The second-order valence-corrected chi connectivity index (χ2v) is 9.38. The Balaban J connectivity index is 0.00000338. The third-order valence-corrected chi connectivity index (χ3v) is 7.20. The van der Waals surface area contributed by atoms with Crippen LogP contribution in [0.25, 0.3) is 0 Å². The summed E-state index contributed by atoms with van der Waals surface area (Å²) in [5, 5.41) is 15.0. The number of aliphatic hydroxyl groups excluding tert-OH is 1. The zero-order chi connectivity index (χ0) is 18.3.